The molecule has 0 fully saturated rings. The fraction of sp³-hybridized carbons (Fsp3) is 0.286. The Balaban J connectivity index is 1.67. The predicted molar refractivity (Wildman–Crippen MR) is 109 cm³/mol. The van der Waals surface area contributed by atoms with Crippen LogP contribution in [-0.2, 0) is 11.3 Å². The van der Waals surface area contributed by atoms with Gasteiger partial charge in [-0.15, -0.1) is 0 Å². The van der Waals surface area contributed by atoms with Crippen molar-refractivity contribution in [1.29, 1.82) is 0 Å². The first-order valence-electron chi connectivity index (χ1n) is 9.15. The number of nitrogens with zero attached hydrogens (tertiary/aromatic N) is 3. The first-order chi connectivity index (χ1) is 14.0. The van der Waals surface area contributed by atoms with Crippen LogP contribution < -0.4 is 9.47 Å². The van der Waals surface area contributed by atoms with Crippen LogP contribution in [0.25, 0.3) is 11.4 Å². The van der Waals surface area contributed by atoms with Crippen molar-refractivity contribution in [2.24, 2.45) is 0 Å². The number of carbonyl (C=O) groups excluding carboxylic acids is 1. The molecule has 8 heteroatoms. The van der Waals surface area contributed by atoms with E-state index in [-0.39, 0.29) is 12.5 Å². The number of halogens is 1. The summed E-state index contributed by atoms with van der Waals surface area (Å²) in [4.78, 5) is 18.7. The SMILES string of the molecule is CC[C@@H](Oc1ccccc1OC)C(=O)N(C)Cc1nc(-c2ccc(Cl)cc2)no1. The number of aromatic nitrogens is 2. The number of methoxy groups -OCH3 is 1. The topological polar surface area (TPSA) is 77.7 Å². The number of ether oxygens (including phenoxy) is 2. The predicted octanol–water partition coefficient (Wildman–Crippen LogP) is 4.21. The third-order valence-corrected chi connectivity index (χ3v) is 4.56. The number of hydrogen-bond acceptors (Lipinski definition) is 6. The molecule has 0 spiro atoms. The minimum absolute atomic E-state index is 0.172. The molecular formula is C21H22ClN3O4. The number of likely N-dealkylation sites (N-methyl/N-ethyl adjacent to an activating group) is 1. The van der Waals surface area contributed by atoms with Gasteiger partial charge in [0.15, 0.2) is 17.6 Å². The molecule has 0 bridgehead atoms. The molecule has 152 valence electrons. The Morgan fingerprint density at radius 2 is 1.86 bits per heavy atom. The molecule has 29 heavy (non-hydrogen) atoms. The summed E-state index contributed by atoms with van der Waals surface area (Å²) in [7, 11) is 3.23. The maximum Gasteiger partial charge on any atom is 0.263 e. The van der Waals surface area contributed by atoms with Crippen molar-refractivity contribution < 1.29 is 18.8 Å². The van der Waals surface area contributed by atoms with Crippen LogP contribution in [-0.4, -0.2) is 41.2 Å². The summed E-state index contributed by atoms with van der Waals surface area (Å²) < 4.78 is 16.5. The quantitative estimate of drug-likeness (QED) is 0.548. The molecule has 3 aromatic rings. The van der Waals surface area contributed by atoms with Gasteiger partial charge in [-0.05, 0) is 42.8 Å². The van der Waals surface area contributed by atoms with Crippen LogP contribution in [0.4, 0.5) is 0 Å². The van der Waals surface area contributed by atoms with Crippen LogP contribution in [0.5, 0.6) is 11.5 Å². The van der Waals surface area contributed by atoms with E-state index in [9.17, 15) is 4.79 Å². The minimum Gasteiger partial charge on any atom is -0.493 e. The lowest BCUT2D eigenvalue weighted by Gasteiger charge is -2.23. The summed E-state index contributed by atoms with van der Waals surface area (Å²) in [6.07, 6.45) is -0.156. The van der Waals surface area contributed by atoms with E-state index in [1.165, 1.54) is 4.90 Å². The molecule has 1 atom stereocenters. The molecular weight excluding hydrogens is 394 g/mol. The summed E-state index contributed by atoms with van der Waals surface area (Å²) >= 11 is 5.90. The standard InChI is InChI=1S/C21H22ClN3O4/c1-4-16(28-18-8-6-5-7-17(18)27-3)21(26)25(2)13-19-23-20(24-29-19)14-9-11-15(22)12-10-14/h5-12,16H,4,13H2,1-3H3/t16-/m1/s1. The van der Waals surface area contributed by atoms with Crippen molar-refractivity contribution in [3.63, 3.8) is 0 Å². The maximum atomic E-state index is 12.9. The van der Waals surface area contributed by atoms with Gasteiger partial charge in [-0.3, -0.25) is 4.79 Å². The maximum absolute atomic E-state index is 12.9. The molecule has 0 unspecified atom stereocenters. The molecule has 0 aliphatic carbocycles. The van der Waals surface area contributed by atoms with Crippen molar-refractivity contribution in [3.8, 4) is 22.9 Å². The van der Waals surface area contributed by atoms with Gasteiger partial charge in [0.05, 0.1) is 13.7 Å². The average molecular weight is 416 g/mol. The van der Waals surface area contributed by atoms with E-state index in [0.717, 1.165) is 5.56 Å². The molecule has 0 aliphatic rings. The minimum atomic E-state index is -0.657. The smallest absolute Gasteiger partial charge is 0.263 e. The van der Waals surface area contributed by atoms with Crippen LogP contribution >= 0.6 is 11.6 Å². The molecule has 0 radical (unpaired) electrons. The zero-order valence-electron chi connectivity index (χ0n) is 16.5. The number of para-hydroxylation sites is 2. The Kier molecular flexibility index (Phi) is 6.72. The van der Waals surface area contributed by atoms with Crippen molar-refractivity contribution in [3.05, 3.63) is 59.4 Å². The lowest BCUT2D eigenvalue weighted by Crippen LogP contribution is -2.39. The lowest BCUT2D eigenvalue weighted by atomic mass is 10.2. The third-order valence-electron chi connectivity index (χ3n) is 4.30. The number of rotatable bonds is 8. The van der Waals surface area contributed by atoms with E-state index < -0.39 is 6.10 Å². The van der Waals surface area contributed by atoms with E-state index in [0.29, 0.717) is 34.7 Å². The molecule has 1 aromatic heterocycles. The third kappa shape index (κ3) is 5.06. The van der Waals surface area contributed by atoms with Crippen LogP contribution in [0, 0.1) is 0 Å². The van der Waals surface area contributed by atoms with E-state index in [4.69, 9.17) is 25.6 Å². The molecule has 1 heterocycles. The Morgan fingerprint density at radius 3 is 2.52 bits per heavy atom. The first-order valence-corrected chi connectivity index (χ1v) is 9.52. The zero-order valence-corrected chi connectivity index (χ0v) is 17.2. The van der Waals surface area contributed by atoms with Gasteiger partial charge in [0, 0.05) is 17.6 Å². The highest BCUT2D eigenvalue weighted by atomic mass is 35.5. The first kappa shape index (κ1) is 20.7. The molecule has 0 aliphatic heterocycles. The van der Waals surface area contributed by atoms with Gasteiger partial charge in [0.1, 0.15) is 0 Å². The summed E-state index contributed by atoms with van der Waals surface area (Å²) in [6, 6.07) is 14.3. The fourth-order valence-corrected chi connectivity index (χ4v) is 2.87. The Labute approximate surface area is 174 Å². The monoisotopic (exact) mass is 415 g/mol. The van der Waals surface area contributed by atoms with Gasteiger partial charge >= 0.3 is 0 Å². The van der Waals surface area contributed by atoms with Crippen LogP contribution in [0.1, 0.15) is 19.2 Å². The molecule has 1 amide bonds. The van der Waals surface area contributed by atoms with E-state index in [1.54, 1.807) is 50.6 Å². The van der Waals surface area contributed by atoms with Crippen molar-refractivity contribution in [2.45, 2.75) is 26.0 Å². The van der Waals surface area contributed by atoms with E-state index in [2.05, 4.69) is 10.1 Å². The number of carbonyl (C=O) groups is 1. The Morgan fingerprint density at radius 1 is 1.17 bits per heavy atom. The van der Waals surface area contributed by atoms with Crippen LogP contribution in [0.15, 0.2) is 53.1 Å². The summed E-state index contributed by atoms with van der Waals surface area (Å²) in [5.41, 5.74) is 0.782. The van der Waals surface area contributed by atoms with Gasteiger partial charge in [-0.1, -0.05) is 35.8 Å². The Hall–Kier alpha value is -3.06. The number of amides is 1. The van der Waals surface area contributed by atoms with Gasteiger partial charge in [-0.2, -0.15) is 4.98 Å². The van der Waals surface area contributed by atoms with Gasteiger partial charge < -0.3 is 18.9 Å². The molecule has 0 saturated carbocycles. The summed E-state index contributed by atoms with van der Waals surface area (Å²) in [5, 5.41) is 4.60. The second-order valence-corrected chi connectivity index (χ2v) is 6.81. The van der Waals surface area contributed by atoms with Gasteiger partial charge in [0.25, 0.3) is 5.91 Å². The lowest BCUT2D eigenvalue weighted by molar-refractivity contribution is -0.138. The molecule has 0 saturated heterocycles. The molecule has 3 rings (SSSR count). The van der Waals surface area contributed by atoms with E-state index >= 15 is 0 Å². The highest BCUT2D eigenvalue weighted by Gasteiger charge is 2.25. The summed E-state index contributed by atoms with van der Waals surface area (Å²) in [6.45, 7) is 2.06. The van der Waals surface area contributed by atoms with Crippen molar-refractivity contribution >= 4 is 17.5 Å². The summed E-state index contributed by atoms with van der Waals surface area (Å²) in [5.74, 6) is 1.68. The highest BCUT2D eigenvalue weighted by molar-refractivity contribution is 6.30. The van der Waals surface area contributed by atoms with Crippen LogP contribution in [0.3, 0.4) is 0 Å². The van der Waals surface area contributed by atoms with Gasteiger partial charge in [0.2, 0.25) is 11.7 Å². The average Bonchev–Trinajstić information content (AvgIpc) is 3.20. The second-order valence-electron chi connectivity index (χ2n) is 6.38. The largest absolute Gasteiger partial charge is 0.493 e. The van der Waals surface area contributed by atoms with E-state index in [1.807, 2.05) is 19.1 Å². The van der Waals surface area contributed by atoms with Gasteiger partial charge in [-0.25, -0.2) is 0 Å². The molecule has 7 nitrogen and oxygen atoms in total. The Bertz CT molecular complexity index is 959. The zero-order chi connectivity index (χ0) is 20.8. The normalized spacial score (nSPS) is 11.7. The second kappa shape index (κ2) is 9.43. The highest BCUT2D eigenvalue weighted by Crippen LogP contribution is 2.28. The van der Waals surface area contributed by atoms with Crippen molar-refractivity contribution in [2.75, 3.05) is 14.2 Å². The molecule has 2 aromatic carbocycles. The van der Waals surface area contributed by atoms with Crippen molar-refractivity contribution in [1.82, 2.24) is 15.0 Å². The van der Waals surface area contributed by atoms with Crippen LogP contribution in [0.2, 0.25) is 5.02 Å². The fourth-order valence-electron chi connectivity index (χ4n) is 2.74. The molecule has 0 N–H and O–H groups in total. The number of benzene rings is 2. The number of hydrogen-bond donors (Lipinski definition) is 0.